The molecule has 0 aliphatic carbocycles. The van der Waals surface area contributed by atoms with Crippen LogP contribution < -0.4 is 73.1 Å². The Kier molecular flexibility index (Phi) is 32.2. The van der Waals surface area contributed by atoms with Gasteiger partial charge in [0, 0.05) is 48.3 Å². The minimum Gasteiger partial charge on any atom is -0.507 e. The van der Waals surface area contributed by atoms with Crippen LogP contribution in [0.3, 0.4) is 0 Å². The van der Waals surface area contributed by atoms with E-state index >= 15 is 24.0 Å². The molecule has 5 aromatic carbocycles. The van der Waals surface area contributed by atoms with E-state index in [4.69, 9.17) is 57.4 Å². The number of aliphatic carboxylic acids is 1. The highest BCUT2D eigenvalue weighted by molar-refractivity contribution is 7.51. The van der Waals surface area contributed by atoms with Gasteiger partial charge in [0.1, 0.15) is 89.5 Å². The van der Waals surface area contributed by atoms with Crippen molar-refractivity contribution in [2.24, 2.45) is 11.7 Å². The summed E-state index contributed by atoms with van der Waals surface area (Å²) < 4.78 is 51.4. The fourth-order valence-electron chi connectivity index (χ4n) is 15.2. The SMILES string of the molecule is CCCCCCCCCCNCCN[C@@]1(C)CC(OC2C(Oc3c4cc5cc3Oc3ccc(cc3Cl)C(O)C3NC(=O)C(NC(=O)C5NC(=O)C(CC(N)=O)NC(=O)C(NC(=O)C(CC(C)C)NC)C(O)c5ccc(c(Cl)c5)O4)c4ccc(O)c(c4)-c4c(cc(O)c(CNCP(=O)(O)O)c4O)C(C(=O)O)NC3=O)OC(CO)C(O)C2O)OC(C)C1O. The Bertz CT molecular complexity index is 4650. The number of aromatic hydroxyl groups is 3. The Morgan fingerprint density at radius 3 is 1.91 bits per heavy atom. The van der Waals surface area contributed by atoms with Crippen LogP contribution in [-0.4, -0.2) is 227 Å². The monoisotopic (exact) mass is 1750 g/mol. The van der Waals surface area contributed by atoms with Crippen molar-refractivity contribution in [3.8, 4) is 57.1 Å². The number of phenols is 3. The molecule has 0 aromatic heterocycles. The van der Waals surface area contributed by atoms with Crippen LogP contribution in [0.5, 0.6) is 46.0 Å². The number of likely N-dealkylation sites (N-methyl/N-ethyl adjacent to an activating group) is 1. The third kappa shape index (κ3) is 23.0. The van der Waals surface area contributed by atoms with E-state index in [1.165, 1.54) is 51.3 Å². The number of rotatable bonds is 30. The summed E-state index contributed by atoms with van der Waals surface area (Å²) in [5.74, 6) is -17.1. The first-order valence-corrected chi connectivity index (χ1v) is 42.3. The summed E-state index contributed by atoms with van der Waals surface area (Å²) in [5, 5.41) is 144. The van der Waals surface area contributed by atoms with Crippen LogP contribution in [0, 0.1) is 5.92 Å². The van der Waals surface area contributed by atoms with Gasteiger partial charge in [0.05, 0.1) is 53.2 Å². The molecular formula is C80H106Cl2N11O27P. The molecule has 7 heterocycles. The summed E-state index contributed by atoms with van der Waals surface area (Å²) in [6.07, 6.45) is -10.6. The van der Waals surface area contributed by atoms with Gasteiger partial charge in [-0.3, -0.25) is 38.1 Å². The number of nitrogens with one attached hydrogen (secondary N) is 10. The first-order chi connectivity index (χ1) is 57.3. The molecule has 7 aliphatic rings. The number of aliphatic hydroxyl groups excluding tert-OH is 6. The van der Waals surface area contributed by atoms with E-state index in [-0.39, 0.29) is 40.7 Å². The topological polar surface area (TPSA) is 598 Å². The zero-order valence-electron chi connectivity index (χ0n) is 67.1. The Hall–Kier alpha value is -9.13. The molecule has 0 spiro atoms. The van der Waals surface area contributed by atoms with Gasteiger partial charge in [0.25, 0.3) is 0 Å². The minimum atomic E-state index is -4.85. The molecule has 38 nitrogen and oxygen atoms in total. The first kappa shape index (κ1) is 94.1. The Morgan fingerprint density at radius 2 is 1.31 bits per heavy atom. The number of amides is 7. The van der Waals surface area contributed by atoms with E-state index in [1.54, 1.807) is 13.8 Å². The number of fused-ring (bicyclic) bond motifs is 15. The van der Waals surface area contributed by atoms with E-state index in [2.05, 4.69) is 60.1 Å². The van der Waals surface area contributed by atoms with Crippen LogP contribution in [0.4, 0.5) is 0 Å². The van der Waals surface area contributed by atoms with Gasteiger partial charge in [0.15, 0.2) is 29.9 Å². The lowest BCUT2D eigenvalue weighted by atomic mass is 9.85. The largest absolute Gasteiger partial charge is 0.507 e. The molecule has 11 bridgehead atoms. The average Bonchev–Trinajstić information content (AvgIpc) is 0.839. The molecule has 121 heavy (non-hydrogen) atoms. The summed E-state index contributed by atoms with van der Waals surface area (Å²) in [7, 11) is -3.38. The van der Waals surface area contributed by atoms with Gasteiger partial charge in [-0.2, -0.15) is 0 Å². The third-order valence-electron chi connectivity index (χ3n) is 21.7. The quantitative estimate of drug-likeness (QED) is 0.0232. The second-order valence-corrected chi connectivity index (χ2v) is 33.7. The van der Waals surface area contributed by atoms with Crippen molar-refractivity contribution in [3.05, 3.63) is 116 Å². The molecule has 2 fully saturated rings. The molecule has 7 amide bonds. The van der Waals surface area contributed by atoms with Gasteiger partial charge in [0.2, 0.25) is 53.4 Å². The Balaban J connectivity index is 1.17. The molecule has 662 valence electrons. The molecule has 0 radical (unpaired) electrons. The zero-order chi connectivity index (χ0) is 88.2. The number of hydrogen-bond donors (Lipinski definition) is 23. The molecule has 18 atom stereocenters. The maximum Gasteiger partial charge on any atom is 0.339 e. The van der Waals surface area contributed by atoms with Crippen LogP contribution in [0.1, 0.15) is 169 Å². The molecule has 12 rings (SSSR count). The predicted molar refractivity (Wildman–Crippen MR) is 432 cm³/mol. The van der Waals surface area contributed by atoms with Crippen molar-refractivity contribution in [3.63, 3.8) is 0 Å². The number of benzene rings is 5. The summed E-state index contributed by atoms with van der Waals surface area (Å²) in [6, 6.07) is -2.39. The lowest BCUT2D eigenvalue weighted by molar-refractivity contribution is -0.334. The average molecular weight is 1760 g/mol. The molecule has 41 heteroatoms. The van der Waals surface area contributed by atoms with Crippen LogP contribution in [-0.2, 0) is 63.7 Å². The first-order valence-electron chi connectivity index (χ1n) is 39.7. The number of carboxylic acids is 1. The fraction of sp³-hybridized carbons (Fsp3) is 0.525. The van der Waals surface area contributed by atoms with Crippen molar-refractivity contribution in [2.45, 2.75) is 221 Å². The van der Waals surface area contributed by atoms with Crippen molar-refractivity contribution < 1.29 is 132 Å². The third-order valence-corrected chi connectivity index (χ3v) is 22.9. The van der Waals surface area contributed by atoms with Gasteiger partial charge in [-0.25, -0.2) is 4.79 Å². The van der Waals surface area contributed by atoms with Gasteiger partial charge >= 0.3 is 13.6 Å². The molecule has 7 aliphatic heterocycles. The number of phenolic OH excluding ortho intramolecular Hbond substituents is 3. The maximum absolute atomic E-state index is 16.3. The Morgan fingerprint density at radius 1 is 0.694 bits per heavy atom. The van der Waals surface area contributed by atoms with E-state index in [1.807, 2.05) is 13.8 Å². The van der Waals surface area contributed by atoms with Gasteiger partial charge in [-0.05, 0) is 123 Å². The number of halogens is 2. The number of ether oxygens (including phenoxy) is 6. The number of unbranched alkanes of at least 4 members (excludes halogenated alkanes) is 7. The molecular weight excluding hydrogens is 1650 g/mol. The maximum atomic E-state index is 16.3. The summed E-state index contributed by atoms with van der Waals surface area (Å²) in [6.45, 7) is 8.98. The second-order valence-electron chi connectivity index (χ2n) is 31.3. The van der Waals surface area contributed by atoms with Crippen molar-refractivity contribution in [1.82, 2.24) is 53.2 Å². The number of carbonyl (C=O) groups excluding carboxylic acids is 7. The summed E-state index contributed by atoms with van der Waals surface area (Å²) in [4.78, 5) is 138. The number of primary amides is 1. The summed E-state index contributed by atoms with van der Waals surface area (Å²) >= 11 is 14.3. The number of hydrogen-bond acceptors (Lipinski definition) is 28. The molecule has 2 saturated heterocycles. The van der Waals surface area contributed by atoms with Gasteiger partial charge in [-0.15, -0.1) is 0 Å². The number of carbonyl (C=O) groups is 8. The van der Waals surface area contributed by atoms with Crippen LogP contribution in [0.25, 0.3) is 11.1 Å². The molecule has 5 aromatic rings. The van der Waals surface area contributed by atoms with Crippen LogP contribution in [0.15, 0.2) is 72.8 Å². The van der Waals surface area contributed by atoms with Gasteiger partial charge < -0.3 is 148 Å². The van der Waals surface area contributed by atoms with Crippen molar-refractivity contribution in [2.75, 3.05) is 39.6 Å². The smallest absolute Gasteiger partial charge is 0.339 e. The van der Waals surface area contributed by atoms with E-state index in [9.17, 15) is 79.8 Å². The Labute approximate surface area is 705 Å². The highest BCUT2D eigenvalue weighted by atomic mass is 35.5. The molecule has 0 saturated carbocycles. The highest BCUT2D eigenvalue weighted by Gasteiger charge is 2.52. The number of nitrogens with two attached hydrogens (primary N) is 1. The summed E-state index contributed by atoms with van der Waals surface area (Å²) in [5.41, 5.74) is 0.545. The molecule has 24 N–H and O–H groups in total. The lowest BCUT2D eigenvalue weighted by Gasteiger charge is -2.48. The van der Waals surface area contributed by atoms with E-state index in [0.29, 0.717) is 13.1 Å². The van der Waals surface area contributed by atoms with E-state index < -0.39 is 269 Å². The lowest BCUT2D eigenvalue weighted by Crippen LogP contribution is -2.65. The predicted octanol–water partition coefficient (Wildman–Crippen LogP) is 2.69. The normalized spacial score (nSPS) is 26.7. The highest BCUT2D eigenvalue weighted by Crippen LogP contribution is 2.51. The minimum absolute atomic E-state index is 0.123. The van der Waals surface area contributed by atoms with Crippen LogP contribution in [0.2, 0.25) is 10.0 Å². The van der Waals surface area contributed by atoms with Gasteiger partial charge in [-0.1, -0.05) is 107 Å². The second kappa shape index (κ2) is 41.4. The van der Waals surface area contributed by atoms with Crippen LogP contribution >= 0.6 is 30.8 Å². The number of aliphatic hydroxyl groups is 6. The standard InChI is InChI=1S/C80H106Cl2N11O27P/c1-7-8-9-10-11-12-13-14-21-85-22-23-87-80(5)32-57(115-37(4)71(80)103)119-70-68(102)67(101)55(34-94)118-79(70)120-69-53-28-41-29-54(69)117-52-20-17-40(27-46(52)82)65(99)63-77(109)91-61(78(110)111)43-30-50(96)44(33-86-35-121(112,113)114)66(100)58(43)42-25-38(15-18-49(42)95)59(74(106)93-63)90-75(107)60(41)89-73(105)48(31-56(83)97)88-76(108)62(92-72(104)47(84-6)24-36(2)3)64(98)39-16-19-51(116-53)45(81)26-39/h15-20,25-30,36-37,47-48,55,57,59-65,67-68,70-71,79,84-87,94-96,98-103H,7-14,21-24,31-35H2,1-6H3,(H2,83,97)(H,88,108)(H,89,105)(H,90,107)(H,91,109)(H,92,104)(H,93,106)(H,110,111)(H2,112,113,114)/t37?,47?,48?,55?,57?,59?,60?,61?,62?,63?,64?,65?,67?,68?,70?,71?,79?,80-/m0/s1. The molecule has 17 unspecified atom stereocenters. The number of carboxylic acid groups (broad SMARTS) is 1. The van der Waals surface area contributed by atoms with Crippen molar-refractivity contribution >= 4 is 78.1 Å². The van der Waals surface area contributed by atoms with Crippen molar-refractivity contribution in [1.29, 1.82) is 0 Å². The zero-order valence-corrected chi connectivity index (χ0v) is 69.5. The van der Waals surface area contributed by atoms with E-state index in [0.717, 1.165) is 86.5 Å². The fourth-order valence-corrected chi connectivity index (χ4v) is 16.0.